The standard InChI is InChI=1S/C3H4OS/c1-5-3-2-4-3/h2H,1H3. The predicted molar refractivity (Wildman–Crippen MR) is 22.7 cm³/mol. The third-order valence-corrected chi connectivity index (χ3v) is 1.01. The summed E-state index contributed by atoms with van der Waals surface area (Å²) in [6.45, 7) is 0. The molecule has 1 rings (SSSR count). The lowest BCUT2D eigenvalue weighted by atomic mass is 11.3. The van der Waals surface area contributed by atoms with E-state index in [1.807, 2.05) is 6.26 Å². The maximum Gasteiger partial charge on any atom is 0.194 e. The molecule has 0 atom stereocenters. The lowest BCUT2D eigenvalue weighted by Gasteiger charge is -1.67. The lowest BCUT2D eigenvalue weighted by Crippen LogP contribution is -1.41. The molecule has 0 aromatic carbocycles. The summed E-state index contributed by atoms with van der Waals surface area (Å²) in [5, 5.41) is 1.05. The van der Waals surface area contributed by atoms with Crippen LogP contribution in [0.4, 0.5) is 0 Å². The quantitative estimate of drug-likeness (QED) is 0.477. The van der Waals surface area contributed by atoms with Gasteiger partial charge in [-0.25, -0.2) is 0 Å². The van der Waals surface area contributed by atoms with Gasteiger partial charge in [-0.2, -0.15) is 0 Å². The second-order valence-corrected chi connectivity index (χ2v) is 1.57. The van der Waals surface area contributed by atoms with Crippen LogP contribution in [0.15, 0.2) is 11.4 Å². The molecular weight excluding hydrogens is 84.1 g/mol. The van der Waals surface area contributed by atoms with E-state index in [9.17, 15) is 0 Å². The van der Waals surface area contributed by atoms with Gasteiger partial charge in [-0.3, -0.25) is 0 Å². The van der Waals surface area contributed by atoms with Gasteiger partial charge in [0.1, 0.15) is 6.26 Å². The van der Waals surface area contributed by atoms with Gasteiger partial charge in [-0.15, -0.1) is 0 Å². The highest BCUT2D eigenvalue weighted by Gasteiger charge is 2.04. The summed E-state index contributed by atoms with van der Waals surface area (Å²) >= 11 is 1.63. The van der Waals surface area contributed by atoms with Crippen molar-refractivity contribution in [3.8, 4) is 0 Å². The SMILES string of the molecule is CSC1=CO1. The van der Waals surface area contributed by atoms with Crippen molar-refractivity contribution in [1.82, 2.24) is 0 Å². The first-order valence-corrected chi connectivity index (χ1v) is 2.57. The van der Waals surface area contributed by atoms with Crippen LogP contribution in [0.1, 0.15) is 0 Å². The number of ether oxygens (including phenoxy) is 1. The number of hydrogen-bond donors (Lipinski definition) is 0. The smallest absolute Gasteiger partial charge is 0.194 e. The lowest BCUT2D eigenvalue weighted by molar-refractivity contribution is 0.531. The summed E-state index contributed by atoms with van der Waals surface area (Å²) in [6, 6.07) is 0. The summed E-state index contributed by atoms with van der Waals surface area (Å²) in [5.74, 6) is 0. The Kier molecular flexibility index (Phi) is 0.580. The Morgan fingerprint density at radius 2 is 2.60 bits per heavy atom. The third kappa shape index (κ3) is 0.581. The molecule has 0 bridgehead atoms. The van der Waals surface area contributed by atoms with Crippen molar-refractivity contribution in [1.29, 1.82) is 0 Å². The van der Waals surface area contributed by atoms with E-state index in [-0.39, 0.29) is 0 Å². The Labute approximate surface area is 35.0 Å². The first-order valence-electron chi connectivity index (χ1n) is 1.34. The normalized spacial score (nSPS) is 16.6. The van der Waals surface area contributed by atoms with Crippen molar-refractivity contribution in [2.24, 2.45) is 0 Å². The molecule has 0 amide bonds. The molecule has 0 aromatic rings. The largest absolute Gasteiger partial charge is 0.450 e. The zero-order valence-electron chi connectivity index (χ0n) is 2.89. The van der Waals surface area contributed by atoms with Crippen molar-refractivity contribution in [3.05, 3.63) is 11.4 Å². The van der Waals surface area contributed by atoms with Gasteiger partial charge in [-0.05, 0) is 6.26 Å². The topological polar surface area (TPSA) is 12.5 Å². The zero-order chi connectivity index (χ0) is 3.70. The fraction of sp³-hybridized carbons (Fsp3) is 0.333. The number of hydrogen-bond acceptors (Lipinski definition) is 2. The molecule has 0 aromatic heterocycles. The van der Waals surface area contributed by atoms with Crippen molar-refractivity contribution in [2.75, 3.05) is 6.26 Å². The first-order chi connectivity index (χ1) is 2.43. The van der Waals surface area contributed by atoms with E-state index >= 15 is 0 Å². The molecule has 1 aliphatic heterocycles. The molecule has 2 heteroatoms. The Bertz CT molecular complexity index is 67.3. The van der Waals surface area contributed by atoms with E-state index in [4.69, 9.17) is 0 Å². The molecule has 1 heterocycles. The summed E-state index contributed by atoms with van der Waals surface area (Å²) < 4.78 is 4.61. The monoisotopic (exact) mass is 88.0 g/mol. The Morgan fingerprint density at radius 3 is 2.60 bits per heavy atom. The fourth-order valence-electron chi connectivity index (χ4n) is 0.120. The second-order valence-electron chi connectivity index (χ2n) is 0.759. The van der Waals surface area contributed by atoms with Gasteiger partial charge in [0.05, 0.1) is 0 Å². The second kappa shape index (κ2) is 0.937. The van der Waals surface area contributed by atoms with E-state index in [0.717, 1.165) is 5.09 Å². The molecule has 0 fully saturated rings. The summed E-state index contributed by atoms with van der Waals surface area (Å²) in [7, 11) is 0. The first kappa shape index (κ1) is 3.09. The van der Waals surface area contributed by atoms with Gasteiger partial charge < -0.3 is 4.74 Å². The van der Waals surface area contributed by atoms with Crippen molar-refractivity contribution in [3.63, 3.8) is 0 Å². The van der Waals surface area contributed by atoms with Gasteiger partial charge in [0.2, 0.25) is 0 Å². The van der Waals surface area contributed by atoms with Crippen LogP contribution in [0.5, 0.6) is 0 Å². The van der Waals surface area contributed by atoms with Crippen LogP contribution >= 0.6 is 11.8 Å². The molecule has 0 unspecified atom stereocenters. The summed E-state index contributed by atoms with van der Waals surface area (Å²) in [6.07, 6.45) is 3.71. The molecule has 0 spiro atoms. The van der Waals surface area contributed by atoms with Gasteiger partial charge in [0, 0.05) is 0 Å². The number of thioether (sulfide) groups is 1. The highest BCUT2D eigenvalue weighted by Crippen LogP contribution is 2.23. The van der Waals surface area contributed by atoms with E-state index < -0.39 is 0 Å². The van der Waals surface area contributed by atoms with Gasteiger partial charge in [0.25, 0.3) is 0 Å². The highest BCUT2D eigenvalue weighted by molar-refractivity contribution is 8.02. The Balaban J connectivity index is 2.22. The average Bonchev–Trinajstić information content (AvgIpc) is 2.12. The zero-order valence-corrected chi connectivity index (χ0v) is 3.71. The van der Waals surface area contributed by atoms with Gasteiger partial charge in [0.15, 0.2) is 5.09 Å². The molecule has 1 nitrogen and oxygen atoms in total. The maximum absolute atomic E-state index is 4.61. The molecular formula is C3H4OS. The average molecular weight is 88.1 g/mol. The molecule has 1 aliphatic rings. The van der Waals surface area contributed by atoms with Crippen molar-refractivity contribution < 1.29 is 4.74 Å². The molecule has 0 saturated carbocycles. The van der Waals surface area contributed by atoms with E-state index in [2.05, 4.69) is 4.74 Å². The minimum absolute atomic E-state index is 1.05. The minimum atomic E-state index is 1.05. The highest BCUT2D eigenvalue weighted by atomic mass is 32.2. The molecule has 5 heavy (non-hydrogen) atoms. The van der Waals surface area contributed by atoms with Gasteiger partial charge >= 0.3 is 0 Å². The van der Waals surface area contributed by atoms with Crippen molar-refractivity contribution in [2.45, 2.75) is 0 Å². The Morgan fingerprint density at radius 1 is 2.00 bits per heavy atom. The summed E-state index contributed by atoms with van der Waals surface area (Å²) in [4.78, 5) is 0. The van der Waals surface area contributed by atoms with Crippen LogP contribution in [0.25, 0.3) is 0 Å². The minimum Gasteiger partial charge on any atom is -0.450 e. The third-order valence-electron chi connectivity index (χ3n) is 0.415. The predicted octanol–water partition coefficient (Wildman–Crippen LogP) is 1.18. The van der Waals surface area contributed by atoms with Crippen molar-refractivity contribution >= 4 is 11.8 Å². The molecule has 28 valence electrons. The van der Waals surface area contributed by atoms with Crippen LogP contribution in [0.3, 0.4) is 0 Å². The fourth-order valence-corrected chi connectivity index (χ4v) is 0.361. The van der Waals surface area contributed by atoms with E-state index in [1.165, 1.54) is 0 Å². The maximum atomic E-state index is 4.61. The molecule has 0 saturated heterocycles. The van der Waals surface area contributed by atoms with Crippen LogP contribution < -0.4 is 0 Å². The van der Waals surface area contributed by atoms with E-state index in [0.29, 0.717) is 0 Å². The number of rotatable bonds is 1. The van der Waals surface area contributed by atoms with E-state index in [1.54, 1.807) is 18.0 Å². The molecule has 0 aliphatic carbocycles. The van der Waals surface area contributed by atoms with Crippen LogP contribution in [0.2, 0.25) is 0 Å². The Hall–Kier alpha value is -0.110. The van der Waals surface area contributed by atoms with Crippen LogP contribution in [-0.2, 0) is 4.74 Å². The van der Waals surface area contributed by atoms with Gasteiger partial charge in [-0.1, -0.05) is 11.8 Å². The molecule has 0 N–H and O–H groups in total. The molecule has 0 radical (unpaired) electrons. The van der Waals surface area contributed by atoms with Crippen LogP contribution in [0, 0.1) is 0 Å². The van der Waals surface area contributed by atoms with Crippen LogP contribution in [-0.4, -0.2) is 6.26 Å². The summed E-state index contributed by atoms with van der Waals surface area (Å²) in [5.41, 5.74) is 0.